The maximum absolute atomic E-state index is 12.0. The number of ether oxygens (including phenoxy) is 3. The van der Waals surface area contributed by atoms with Crippen LogP contribution < -0.4 is 19.5 Å². The predicted molar refractivity (Wildman–Crippen MR) is 103 cm³/mol. The molecule has 0 spiro atoms. The number of hydrogen-bond acceptors (Lipinski definition) is 5. The number of carbonyl (C=O) groups excluding carboxylic acids is 1. The van der Waals surface area contributed by atoms with Crippen molar-refractivity contribution in [3.63, 3.8) is 0 Å². The molecule has 2 aromatic carbocycles. The van der Waals surface area contributed by atoms with Crippen LogP contribution in [-0.2, 0) is 11.2 Å². The highest BCUT2D eigenvalue weighted by atomic mass is 16.5. The molecule has 2 N–H and O–H groups in total. The number of aliphatic hydroxyl groups is 1. The van der Waals surface area contributed by atoms with Gasteiger partial charge < -0.3 is 24.6 Å². The molecule has 0 heterocycles. The number of hydrogen-bond donors (Lipinski definition) is 2. The number of para-hydroxylation sites is 1. The monoisotopic (exact) mass is 373 g/mol. The quantitative estimate of drug-likeness (QED) is 0.669. The van der Waals surface area contributed by atoms with Crippen LogP contribution in [0.15, 0.2) is 48.5 Å². The van der Waals surface area contributed by atoms with E-state index in [2.05, 4.69) is 5.32 Å². The van der Waals surface area contributed by atoms with Crippen LogP contribution in [0.1, 0.15) is 19.4 Å². The Morgan fingerprint density at radius 2 is 1.85 bits per heavy atom. The summed E-state index contributed by atoms with van der Waals surface area (Å²) >= 11 is 0. The van der Waals surface area contributed by atoms with Crippen molar-refractivity contribution >= 4 is 5.91 Å². The third-order valence-corrected chi connectivity index (χ3v) is 3.76. The van der Waals surface area contributed by atoms with E-state index < -0.39 is 12.0 Å². The van der Waals surface area contributed by atoms with Gasteiger partial charge in [0.25, 0.3) is 5.91 Å². The first-order valence-electron chi connectivity index (χ1n) is 8.96. The van der Waals surface area contributed by atoms with E-state index in [-0.39, 0.29) is 12.7 Å². The van der Waals surface area contributed by atoms with Gasteiger partial charge in [0.15, 0.2) is 17.6 Å². The average molecular weight is 373 g/mol. The molecule has 0 aromatic heterocycles. The topological polar surface area (TPSA) is 77.0 Å². The van der Waals surface area contributed by atoms with Gasteiger partial charge in [-0.25, -0.2) is 0 Å². The summed E-state index contributed by atoms with van der Waals surface area (Å²) in [6.45, 7) is 4.21. The lowest BCUT2D eigenvalue weighted by atomic mass is 10.1. The minimum absolute atomic E-state index is 0.0589. The van der Waals surface area contributed by atoms with Crippen LogP contribution >= 0.6 is 0 Å². The molecule has 0 bridgehead atoms. The molecule has 1 atom stereocenters. The Bertz CT molecular complexity index is 718. The second-order valence-electron chi connectivity index (χ2n) is 6.33. The van der Waals surface area contributed by atoms with Crippen molar-refractivity contribution in [2.75, 3.05) is 20.3 Å². The van der Waals surface area contributed by atoms with Crippen LogP contribution in [0.2, 0.25) is 0 Å². The first kappa shape index (κ1) is 20.6. The number of amides is 1. The molecule has 1 unspecified atom stereocenters. The van der Waals surface area contributed by atoms with Gasteiger partial charge in [0.1, 0.15) is 12.4 Å². The SMILES string of the molecule is COc1cc(CCNC(=O)C(O)COc2ccccc2)ccc1OC(C)C. The van der Waals surface area contributed by atoms with E-state index in [1.807, 2.05) is 50.2 Å². The lowest BCUT2D eigenvalue weighted by molar-refractivity contribution is -0.130. The summed E-state index contributed by atoms with van der Waals surface area (Å²) in [6, 6.07) is 14.7. The van der Waals surface area contributed by atoms with Gasteiger partial charge in [0, 0.05) is 6.54 Å². The van der Waals surface area contributed by atoms with Crippen LogP contribution in [0.3, 0.4) is 0 Å². The Hall–Kier alpha value is -2.73. The Labute approximate surface area is 160 Å². The van der Waals surface area contributed by atoms with Gasteiger partial charge in [-0.3, -0.25) is 4.79 Å². The molecule has 1 amide bonds. The number of nitrogens with one attached hydrogen (secondary N) is 1. The number of carbonyl (C=O) groups is 1. The van der Waals surface area contributed by atoms with Crippen molar-refractivity contribution in [2.45, 2.75) is 32.5 Å². The molecule has 0 fully saturated rings. The highest BCUT2D eigenvalue weighted by molar-refractivity contribution is 5.80. The van der Waals surface area contributed by atoms with Gasteiger partial charge in [-0.1, -0.05) is 24.3 Å². The smallest absolute Gasteiger partial charge is 0.252 e. The van der Waals surface area contributed by atoms with Gasteiger partial charge in [-0.15, -0.1) is 0 Å². The van der Waals surface area contributed by atoms with Crippen LogP contribution in [0, 0.1) is 0 Å². The van der Waals surface area contributed by atoms with Crippen LogP contribution in [0.5, 0.6) is 17.2 Å². The first-order valence-corrected chi connectivity index (χ1v) is 8.96. The highest BCUT2D eigenvalue weighted by Gasteiger charge is 2.15. The van der Waals surface area contributed by atoms with Crippen molar-refractivity contribution in [2.24, 2.45) is 0 Å². The largest absolute Gasteiger partial charge is 0.493 e. The lowest BCUT2D eigenvalue weighted by Gasteiger charge is -2.15. The van der Waals surface area contributed by atoms with Crippen LogP contribution in [0.25, 0.3) is 0 Å². The van der Waals surface area contributed by atoms with E-state index >= 15 is 0 Å². The number of aliphatic hydroxyl groups excluding tert-OH is 1. The summed E-state index contributed by atoms with van der Waals surface area (Å²) in [6.07, 6.45) is -0.554. The molecule has 0 saturated carbocycles. The molecule has 6 nitrogen and oxygen atoms in total. The summed E-state index contributed by atoms with van der Waals surface area (Å²) in [5, 5.41) is 12.6. The summed E-state index contributed by atoms with van der Waals surface area (Å²) < 4.78 is 16.4. The summed E-state index contributed by atoms with van der Waals surface area (Å²) in [4.78, 5) is 12.0. The molecular formula is C21H27NO5. The number of benzene rings is 2. The van der Waals surface area contributed by atoms with E-state index in [4.69, 9.17) is 14.2 Å². The maximum atomic E-state index is 12.0. The minimum Gasteiger partial charge on any atom is -0.493 e. The third kappa shape index (κ3) is 6.83. The predicted octanol–water partition coefficient (Wildman–Crippen LogP) is 2.58. The van der Waals surface area contributed by atoms with Gasteiger partial charge >= 0.3 is 0 Å². The molecule has 27 heavy (non-hydrogen) atoms. The van der Waals surface area contributed by atoms with E-state index in [0.29, 0.717) is 30.2 Å². The number of rotatable bonds is 10. The summed E-state index contributed by atoms with van der Waals surface area (Å²) in [5.74, 6) is 1.50. The van der Waals surface area contributed by atoms with Gasteiger partial charge in [0.2, 0.25) is 0 Å². The second kappa shape index (κ2) is 10.4. The second-order valence-corrected chi connectivity index (χ2v) is 6.33. The molecule has 2 aromatic rings. The van der Waals surface area contributed by atoms with Crippen LogP contribution in [0.4, 0.5) is 0 Å². The van der Waals surface area contributed by atoms with Crippen molar-refractivity contribution < 1.29 is 24.1 Å². The maximum Gasteiger partial charge on any atom is 0.252 e. The van der Waals surface area contributed by atoms with E-state index in [0.717, 1.165) is 5.56 Å². The Morgan fingerprint density at radius 1 is 1.11 bits per heavy atom. The van der Waals surface area contributed by atoms with Crippen molar-refractivity contribution in [3.05, 3.63) is 54.1 Å². The normalized spacial score (nSPS) is 11.7. The highest BCUT2D eigenvalue weighted by Crippen LogP contribution is 2.29. The zero-order valence-electron chi connectivity index (χ0n) is 16.0. The van der Waals surface area contributed by atoms with Gasteiger partial charge in [-0.05, 0) is 50.1 Å². The molecule has 146 valence electrons. The summed E-state index contributed by atoms with van der Waals surface area (Å²) in [5.41, 5.74) is 0.998. The van der Waals surface area contributed by atoms with E-state index in [1.165, 1.54) is 0 Å². The molecule has 0 radical (unpaired) electrons. The first-order chi connectivity index (χ1) is 13.0. The zero-order valence-corrected chi connectivity index (χ0v) is 16.0. The lowest BCUT2D eigenvalue weighted by Crippen LogP contribution is -2.39. The molecule has 0 aliphatic heterocycles. The molecular weight excluding hydrogens is 346 g/mol. The molecule has 0 aliphatic rings. The fourth-order valence-corrected chi connectivity index (χ4v) is 2.43. The Balaban J connectivity index is 1.78. The molecule has 0 aliphatic carbocycles. The third-order valence-electron chi connectivity index (χ3n) is 3.76. The number of methoxy groups -OCH3 is 1. The molecule has 0 saturated heterocycles. The van der Waals surface area contributed by atoms with Gasteiger partial charge in [0.05, 0.1) is 13.2 Å². The fourth-order valence-electron chi connectivity index (χ4n) is 2.43. The van der Waals surface area contributed by atoms with E-state index in [9.17, 15) is 9.90 Å². The van der Waals surface area contributed by atoms with Crippen LogP contribution in [-0.4, -0.2) is 43.5 Å². The van der Waals surface area contributed by atoms with E-state index in [1.54, 1.807) is 19.2 Å². The Morgan fingerprint density at radius 3 is 2.52 bits per heavy atom. The average Bonchev–Trinajstić information content (AvgIpc) is 2.67. The molecule has 6 heteroatoms. The molecule has 2 rings (SSSR count). The van der Waals surface area contributed by atoms with Crippen molar-refractivity contribution in [1.29, 1.82) is 0 Å². The summed E-state index contributed by atoms with van der Waals surface area (Å²) in [7, 11) is 1.59. The van der Waals surface area contributed by atoms with Gasteiger partial charge in [-0.2, -0.15) is 0 Å². The standard InChI is InChI=1S/C21H27NO5/c1-15(2)27-19-10-9-16(13-20(19)25-3)11-12-22-21(24)18(23)14-26-17-7-5-4-6-8-17/h4-10,13,15,18,23H,11-12,14H2,1-3H3,(H,22,24). The fraction of sp³-hybridized carbons (Fsp3) is 0.381. The Kier molecular flexibility index (Phi) is 7.95. The minimum atomic E-state index is -1.22. The van der Waals surface area contributed by atoms with Crippen molar-refractivity contribution in [1.82, 2.24) is 5.32 Å². The zero-order chi connectivity index (χ0) is 19.6. The van der Waals surface area contributed by atoms with Crippen molar-refractivity contribution in [3.8, 4) is 17.2 Å².